The zero-order valence-electron chi connectivity index (χ0n) is 14.8. The second-order valence-electron chi connectivity index (χ2n) is 6.14. The summed E-state index contributed by atoms with van der Waals surface area (Å²) in [5, 5.41) is 2.99. The fraction of sp³-hybridized carbons (Fsp3) is 0.556. The van der Waals surface area contributed by atoms with Crippen molar-refractivity contribution in [3.63, 3.8) is 0 Å². The maximum absolute atomic E-state index is 12.4. The van der Waals surface area contributed by atoms with Gasteiger partial charge in [0.1, 0.15) is 11.5 Å². The lowest BCUT2D eigenvalue weighted by molar-refractivity contribution is -0.126. The molecule has 0 unspecified atom stereocenters. The highest BCUT2D eigenvalue weighted by Crippen LogP contribution is 2.36. The van der Waals surface area contributed by atoms with E-state index in [0.29, 0.717) is 23.7 Å². The summed E-state index contributed by atoms with van der Waals surface area (Å²) < 4.78 is 10.6. The number of nitrogens with one attached hydrogen (secondary N) is 1. The zero-order chi connectivity index (χ0) is 17.7. The summed E-state index contributed by atoms with van der Waals surface area (Å²) >= 11 is 0. The van der Waals surface area contributed by atoms with E-state index in [1.54, 1.807) is 37.3 Å². The Morgan fingerprint density at radius 2 is 2.12 bits per heavy atom. The van der Waals surface area contributed by atoms with Gasteiger partial charge in [-0.1, -0.05) is 13.3 Å². The molecule has 6 heteroatoms. The minimum atomic E-state index is -0.340. The van der Waals surface area contributed by atoms with Crippen LogP contribution in [-0.2, 0) is 9.59 Å². The standard InChI is InChI=1S/C18H26N2O4/c1-5-6-12(2)19-18(22)13-9-17(21)20(11-13)15-10-14(23-3)7-8-16(15)24-4/h7-8,10,12-13H,5-6,9,11H2,1-4H3,(H,19,22)/t12-,13-/m1/s1. The van der Waals surface area contributed by atoms with Crippen LogP contribution in [0.25, 0.3) is 0 Å². The van der Waals surface area contributed by atoms with Crippen molar-refractivity contribution in [2.24, 2.45) is 5.92 Å². The van der Waals surface area contributed by atoms with Crippen LogP contribution in [0, 0.1) is 5.92 Å². The van der Waals surface area contributed by atoms with Crippen LogP contribution in [0.15, 0.2) is 18.2 Å². The molecule has 1 aromatic rings. The summed E-state index contributed by atoms with van der Waals surface area (Å²) in [4.78, 5) is 26.4. The molecule has 0 spiro atoms. The SMILES string of the molecule is CCC[C@@H](C)NC(=O)[C@@H]1CC(=O)N(c2cc(OC)ccc2OC)C1. The molecule has 1 N–H and O–H groups in total. The monoisotopic (exact) mass is 334 g/mol. The summed E-state index contributed by atoms with van der Waals surface area (Å²) in [6.07, 6.45) is 2.16. The smallest absolute Gasteiger partial charge is 0.227 e. The van der Waals surface area contributed by atoms with Crippen molar-refractivity contribution in [1.29, 1.82) is 0 Å². The van der Waals surface area contributed by atoms with E-state index in [-0.39, 0.29) is 30.2 Å². The Labute approximate surface area is 143 Å². The van der Waals surface area contributed by atoms with Crippen LogP contribution < -0.4 is 19.7 Å². The van der Waals surface area contributed by atoms with Gasteiger partial charge in [0.05, 0.1) is 25.8 Å². The van der Waals surface area contributed by atoms with E-state index in [1.165, 1.54) is 0 Å². The van der Waals surface area contributed by atoms with Crippen molar-refractivity contribution < 1.29 is 19.1 Å². The van der Waals surface area contributed by atoms with Gasteiger partial charge >= 0.3 is 0 Å². The number of hydrogen-bond acceptors (Lipinski definition) is 4. The fourth-order valence-corrected chi connectivity index (χ4v) is 2.99. The lowest BCUT2D eigenvalue weighted by atomic mass is 10.1. The van der Waals surface area contributed by atoms with E-state index in [2.05, 4.69) is 12.2 Å². The van der Waals surface area contributed by atoms with Gasteiger partial charge in [0, 0.05) is 25.1 Å². The Balaban J connectivity index is 2.14. The van der Waals surface area contributed by atoms with Crippen molar-refractivity contribution in [3.8, 4) is 11.5 Å². The van der Waals surface area contributed by atoms with Crippen LogP contribution in [-0.4, -0.2) is 38.6 Å². The molecule has 0 aliphatic carbocycles. The second-order valence-corrected chi connectivity index (χ2v) is 6.14. The molecular formula is C18H26N2O4. The van der Waals surface area contributed by atoms with Crippen molar-refractivity contribution in [2.45, 2.75) is 39.2 Å². The maximum Gasteiger partial charge on any atom is 0.227 e. The van der Waals surface area contributed by atoms with Crippen LogP contribution in [0.4, 0.5) is 5.69 Å². The van der Waals surface area contributed by atoms with Gasteiger partial charge in [-0.05, 0) is 25.5 Å². The lowest BCUT2D eigenvalue weighted by Gasteiger charge is -2.21. The van der Waals surface area contributed by atoms with Crippen LogP contribution in [0.1, 0.15) is 33.1 Å². The summed E-state index contributed by atoms with van der Waals surface area (Å²) in [6, 6.07) is 5.42. The van der Waals surface area contributed by atoms with Gasteiger partial charge in [-0.15, -0.1) is 0 Å². The van der Waals surface area contributed by atoms with Gasteiger partial charge in [-0.3, -0.25) is 9.59 Å². The number of anilines is 1. The number of nitrogens with zero attached hydrogens (tertiary/aromatic N) is 1. The predicted molar refractivity (Wildman–Crippen MR) is 92.5 cm³/mol. The molecule has 0 aromatic heterocycles. The average Bonchev–Trinajstić information content (AvgIpc) is 2.96. The van der Waals surface area contributed by atoms with Crippen LogP contribution >= 0.6 is 0 Å². The molecule has 1 fully saturated rings. The van der Waals surface area contributed by atoms with Gasteiger partial charge in [-0.2, -0.15) is 0 Å². The topological polar surface area (TPSA) is 67.9 Å². The van der Waals surface area contributed by atoms with E-state index in [4.69, 9.17) is 9.47 Å². The second kappa shape index (κ2) is 8.04. The normalized spacial score (nSPS) is 18.4. The predicted octanol–water partition coefficient (Wildman–Crippen LogP) is 2.36. The first-order valence-corrected chi connectivity index (χ1v) is 8.32. The van der Waals surface area contributed by atoms with Crippen LogP contribution in [0.2, 0.25) is 0 Å². The van der Waals surface area contributed by atoms with Crippen LogP contribution in [0.5, 0.6) is 11.5 Å². The van der Waals surface area contributed by atoms with Crippen LogP contribution in [0.3, 0.4) is 0 Å². The minimum Gasteiger partial charge on any atom is -0.497 e. The number of hydrogen-bond donors (Lipinski definition) is 1. The molecule has 1 heterocycles. The van der Waals surface area contributed by atoms with Crippen molar-refractivity contribution in [3.05, 3.63) is 18.2 Å². The minimum absolute atomic E-state index is 0.0614. The highest BCUT2D eigenvalue weighted by atomic mass is 16.5. The quantitative estimate of drug-likeness (QED) is 0.831. The largest absolute Gasteiger partial charge is 0.497 e. The maximum atomic E-state index is 12.4. The highest BCUT2D eigenvalue weighted by Gasteiger charge is 2.36. The van der Waals surface area contributed by atoms with Gasteiger partial charge < -0.3 is 19.7 Å². The first kappa shape index (κ1) is 18.1. The third-order valence-corrected chi connectivity index (χ3v) is 4.28. The Hall–Kier alpha value is -2.24. The third kappa shape index (κ3) is 3.99. The number of ether oxygens (including phenoxy) is 2. The van der Waals surface area contributed by atoms with Crippen molar-refractivity contribution in [2.75, 3.05) is 25.7 Å². The molecule has 1 aliphatic heterocycles. The molecule has 0 bridgehead atoms. The van der Waals surface area contributed by atoms with Gasteiger partial charge in [-0.25, -0.2) is 0 Å². The fourth-order valence-electron chi connectivity index (χ4n) is 2.99. The summed E-state index contributed by atoms with van der Waals surface area (Å²) in [5.74, 6) is 0.749. The first-order chi connectivity index (χ1) is 11.5. The molecule has 2 atom stereocenters. The summed E-state index contributed by atoms with van der Waals surface area (Å²) in [7, 11) is 3.13. The summed E-state index contributed by atoms with van der Waals surface area (Å²) in [5.41, 5.74) is 0.638. The number of benzene rings is 1. The molecular weight excluding hydrogens is 308 g/mol. The van der Waals surface area contributed by atoms with E-state index in [9.17, 15) is 9.59 Å². The van der Waals surface area contributed by atoms with Crippen molar-refractivity contribution >= 4 is 17.5 Å². The molecule has 0 radical (unpaired) electrons. The lowest BCUT2D eigenvalue weighted by Crippen LogP contribution is -2.38. The summed E-state index contributed by atoms with van der Waals surface area (Å²) in [6.45, 7) is 4.42. The number of carbonyl (C=O) groups is 2. The zero-order valence-corrected chi connectivity index (χ0v) is 14.8. The molecule has 132 valence electrons. The van der Waals surface area contributed by atoms with Gasteiger partial charge in [0.25, 0.3) is 0 Å². The molecule has 1 saturated heterocycles. The Morgan fingerprint density at radius 1 is 1.38 bits per heavy atom. The number of methoxy groups -OCH3 is 2. The average molecular weight is 334 g/mol. The van der Waals surface area contributed by atoms with E-state index < -0.39 is 0 Å². The van der Waals surface area contributed by atoms with E-state index in [0.717, 1.165) is 12.8 Å². The Morgan fingerprint density at radius 3 is 2.75 bits per heavy atom. The molecule has 2 amide bonds. The first-order valence-electron chi connectivity index (χ1n) is 8.32. The Bertz CT molecular complexity index is 603. The molecule has 6 nitrogen and oxygen atoms in total. The highest BCUT2D eigenvalue weighted by molar-refractivity contribution is 6.01. The molecule has 1 aliphatic rings. The number of amides is 2. The molecule has 1 aromatic carbocycles. The number of rotatable bonds is 7. The third-order valence-electron chi connectivity index (χ3n) is 4.28. The van der Waals surface area contributed by atoms with E-state index >= 15 is 0 Å². The van der Waals surface area contributed by atoms with Crippen molar-refractivity contribution in [1.82, 2.24) is 5.32 Å². The van der Waals surface area contributed by atoms with Gasteiger partial charge in [0.15, 0.2) is 0 Å². The molecule has 2 rings (SSSR count). The Kier molecular flexibility index (Phi) is 6.06. The van der Waals surface area contributed by atoms with Gasteiger partial charge in [0.2, 0.25) is 11.8 Å². The molecule has 24 heavy (non-hydrogen) atoms. The number of carbonyl (C=O) groups excluding carboxylic acids is 2. The van der Waals surface area contributed by atoms with E-state index in [1.807, 2.05) is 6.92 Å². The molecule has 0 saturated carbocycles.